The van der Waals surface area contributed by atoms with Crippen LogP contribution < -0.4 is 16.2 Å². The molecule has 2 rings (SSSR count). The molecule has 2 aromatic heterocycles. The van der Waals surface area contributed by atoms with Gasteiger partial charge in [-0.05, 0) is 47.1 Å². The highest BCUT2D eigenvalue weighted by atomic mass is 32.1. The van der Waals surface area contributed by atoms with Gasteiger partial charge >= 0.3 is 0 Å². The number of hydrogen-bond acceptors (Lipinski definition) is 6. The Bertz CT molecular complexity index is 953. The fourth-order valence-electron chi connectivity index (χ4n) is 2.52. The molecule has 27 heavy (non-hydrogen) atoms. The van der Waals surface area contributed by atoms with Crippen molar-refractivity contribution in [2.75, 3.05) is 6.54 Å². The van der Waals surface area contributed by atoms with Crippen LogP contribution in [0.15, 0.2) is 4.79 Å². The summed E-state index contributed by atoms with van der Waals surface area (Å²) in [5.41, 5.74) is 1.80. The first-order valence-electron chi connectivity index (χ1n) is 8.52. The van der Waals surface area contributed by atoms with E-state index in [1.807, 2.05) is 34.6 Å². The SMILES string of the molecule is Cc1nc(-c2c(C)c(C)nn(C)c2=O)sc1C(=O)NCC(=O)NC(C)(C)C. The zero-order valence-electron chi connectivity index (χ0n) is 16.7. The second kappa shape index (κ2) is 7.59. The summed E-state index contributed by atoms with van der Waals surface area (Å²) >= 11 is 1.14. The van der Waals surface area contributed by atoms with Gasteiger partial charge in [-0.15, -0.1) is 11.3 Å². The lowest BCUT2D eigenvalue weighted by Gasteiger charge is -2.20. The molecule has 0 radical (unpaired) electrons. The average molecular weight is 391 g/mol. The summed E-state index contributed by atoms with van der Waals surface area (Å²) in [4.78, 5) is 41.6. The highest BCUT2D eigenvalue weighted by Gasteiger charge is 2.22. The molecule has 2 N–H and O–H groups in total. The minimum atomic E-state index is -0.388. The van der Waals surface area contributed by atoms with E-state index in [1.54, 1.807) is 14.0 Å². The van der Waals surface area contributed by atoms with Crippen molar-refractivity contribution in [2.45, 2.75) is 47.1 Å². The third-order valence-electron chi connectivity index (χ3n) is 3.87. The number of carbonyl (C=O) groups excluding carboxylic acids is 2. The van der Waals surface area contributed by atoms with Crippen molar-refractivity contribution in [2.24, 2.45) is 7.05 Å². The smallest absolute Gasteiger partial charge is 0.277 e. The summed E-state index contributed by atoms with van der Waals surface area (Å²) in [7, 11) is 1.58. The molecule has 0 spiro atoms. The molecule has 0 unspecified atom stereocenters. The van der Waals surface area contributed by atoms with E-state index < -0.39 is 0 Å². The van der Waals surface area contributed by atoms with Gasteiger partial charge in [0.2, 0.25) is 5.91 Å². The average Bonchev–Trinajstić information content (AvgIpc) is 2.91. The van der Waals surface area contributed by atoms with Gasteiger partial charge in [0.25, 0.3) is 11.5 Å². The van der Waals surface area contributed by atoms with Gasteiger partial charge in [0, 0.05) is 12.6 Å². The first-order valence-corrected chi connectivity index (χ1v) is 9.34. The van der Waals surface area contributed by atoms with Crippen LogP contribution in [-0.2, 0) is 11.8 Å². The molecule has 2 amide bonds. The molecule has 0 fully saturated rings. The zero-order valence-corrected chi connectivity index (χ0v) is 17.5. The predicted molar refractivity (Wildman–Crippen MR) is 105 cm³/mol. The maximum atomic E-state index is 12.5. The molecule has 146 valence electrons. The summed E-state index contributed by atoms with van der Waals surface area (Å²) in [6.07, 6.45) is 0. The third-order valence-corrected chi connectivity index (χ3v) is 5.04. The summed E-state index contributed by atoms with van der Waals surface area (Å²) in [6, 6.07) is 0. The van der Waals surface area contributed by atoms with Gasteiger partial charge in [0.1, 0.15) is 9.88 Å². The number of rotatable bonds is 4. The molecular formula is C18H25N5O3S. The van der Waals surface area contributed by atoms with Gasteiger partial charge in [-0.3, -0.25) is 14.4 Å². The molecule has 0 saturated heterocycles. The zero-order chi connectivity index (χ0) is 20.5. The number of amides is 2. The number of nitrogens with one attached hydrogen (secondary N) is 2. The Kier molecular flexibility index (Phi) is 5.84. The molecule has 0 aliphatic rings. The number of hydrogen-bond donors (Lipinski definition) is 2. The van der Waals surface area contributed by atoms with Crippen molar-refractivity contribution in [1.29, 1.82) is 0 Å². The van der Waals surface area contributed by atoms with Crippen molar-refractivity contribution in [1.82, 2.24) is 25.4 Å². The van der Waals surface area contributed by atoms with Crippen LogP contribution in [0.5, 0.6) is 0 Å². The van der Waals surface area contributed by atoms with E-state index in [0.717, 1.165) is 22.6 Å². The summed E-state index contributed by atoms with van der Waals surface area (Å²) in [5, 5.41) is 10.0. The largest absolute Gasteiger partial charge is 0.350 e. The molecule has 0 aliphatic heterocycles. The Morgan fingerprint density at radius 3 is 2.37 bits per heavy atom. The Labute approximate surface area is 162 Å². The van der Waals surface area contributed by atoms with Crippen LogP contribution in [0.4, 0.5) is 0 Å². The monoisotopic (exact) mass is 391 g/mol. The fraction of sp³-hybridized carbons (Fsp3) is 0.500. The lowest BCUT2D eigenvalue weighted by Crippen LogP contribution is -2.45. The lowest BCUT2D eigenvalue weighted by molar-refractivity contribution is -0.121. The highest BCUT2D eigenvalue weighted by molar-refractivity contribution is 7.17. The predicted octanol–water partition coefficient (Wildman–Crippen LogP) is 1.47. The van der Waals surface area contributed by atoms with Crippen LogP contribution in [-0.4, -0.2) is 38.7 Å². The lowest BCUT2D eigenvalue weighted by atomic mass is 10.1. The van der Waals surface area contributed by atoms with E-state index in [0.29, 0.717) is 21.1 Å². The maximum Gasteiger partial charge on any atom is 0.277 e. The Balaban J connectivity index is 2.26. The Morgan fingerprint density at radius 2 is 1.78 bits per heavy atom. The van der Waals surface area contributed by atoms with Gasteiger partial charge in [0.15, 0.2) is 0 Å². The van der Waals surface area contributed by atoms with Crippen LogP contribution in [0.1, 0.15) is 47.4 Å². The minimum absolute atomic E-state index is 0.127. The second-order valence-corrected chi connectivity index (χ2v) is 8.43. The molecule has 2 aromatic rings. The maximum absolute atomic E-state index is 12.5. The number of nitrogens with zero attached hydrogens (tertiary/aromatic N) is 3. The second-order valence-electron chi connectivity index (χ2n) is 7.43. The molecule has 0 aromatic carbocycles. The molecular weight excluding hydrogens is 366 g/mol. The topological polar surface area (TPSA) is 106 Å². The molecule has 0 atom stereocenters. The normalized spacial score (nSPS) is 11.4. The molecule has 0 saturated carbocycles. The fourth-order valence-corrected chi connectivity index (χ4v) is 3.59. The third kappa shape index (κ3) is 4.79. The number of carbonyl (C=O) groups is 2. The quantitative estimate of drug-likeness (QED) is 0.821. The van der Waals surface area contributed by atoms with Crippen LogP contribution in [0, 0.1) is 20.8 Å². The van der Waals surface area contributed by atoms with E-state index in [-0.39, 0.29) is 29.5 Å². The van der Waals surface area contributed by atoms with Gasteiger partial charge in [-0.1, -0.05) is 0 Å². The van der Waals surface area contributed by atoms with Crippen molar-refractivity contribution in [3.05, 3.63) is 32.2 Å². The van der Waals surface area contributed by atoms with E-state index in [2.05, 4.69) is 20.7 Å². The molecule has 0 bridgehead atoms. The standard InChI is InChI=1S/C18H25N5O3S/c1-9-10(2)22-23(7)17(26)13(9)16-20-11(3)14(27-16)15(25)19-8-12(24)21-18(4,5)6/h8H2,1-7H3,(H,19,25)(H,21,24). The van der Waals surface area contributed by atoms with Crippen molar-refractivity contribution in [3.8, 4) is 10.6 Å². The molecule has 8 nitrogen and oxygen atoms in total. The van der Waals surface area contributed by atoms with Crippen molar-refractivity contribution < 1.29 is 9.59 Å². The molecule has 2 heterocycles. The summed E-state index contributed by atoms with van der Waals surface area (Å²) < 4.78 is 1.27. The van der Waals surface area contributed by atoms with E-state index in [9.17, 15) is 14.4 Å². The van der Waals surface area contributed by atoms with Crippen LogP contribution in [0.3, 0.4) is 0 Å². The minimum Gasteiger partial charge on any atom is -0.350 e. The molecule has 0 aliphatic carbocycles. The van der Waals surface area contributed by atoms with E-state index >= 15 is 0 Å². The van der Waals surface area contributed by atoms with Gasteiger partial charge < -0.3 is 10.6 Å². The molecule has 9 heteroatoms. The van der Waals surface area contributed by atoms with Crippen LogP contribution in [0.2, 0.25) is 0 Å². The summed E-state index contributed by atoms with van der Waals surface area (Å²) in [6.45, 7) is 10.8. The van der Waals surface area contributed by atoms with Crippen molar-refractivity contribution >= 4 is 23.2 Å². The van der Waals surface area contributed by atoms with Crippen LogP contribution in [0.25, 0.3) is 10.6 Å². The number of aromatic nitrogens is 3. The van der Waals surface area contributed by atoms with Gasteiger partial charge in [-0.25, -0.2) is 9.67 Å². The number of thiazole rings is 1. The first-order chi connectivity index (χ1) is 12.4. The summed E-state index contributed by atoms with van der Waals surface area (Å²) in [5.74, 6) is -0.659. The van der Waals surface area contributed by atoms with Gasteiger partial charge in [-0.2, -0.15) is 5.10 Å². The van der Waals surface area contributed by atoms with E-state index in [1.165, 1.54) is 4.68 Å². The highest BCUT2D eigenvalue weighted by Crippen LogP contribution is 2.28. The first kappa shape index (κ1) is 20.8. The van der Waals surface area contributed by atoms with E-state index in [4.69, 9.17) is 0 Å². The Morgan fingerprint density at radius 1 is 1.15 bits per heavy atom. The Hall–Kier alpha value is -2.55. The van der Waals surface area contributed by atoms with Crippen LogP contribution >= 0.6 is 11.3 Å². The van der Waals surface area contributed by atoms with Crippen molar-refractivity contribution in [3.63, 3.8) is 0 Å². The van der Waals surface area contributed by atoms with Gasteiger partial charge in [0.05, 0.1) is 23.5 Å². The number of aryl methyl sites for hydroxylation is 3.